The Morgan fingerprint density at radius 1 is 0.861 bits per heavy atom. The van der Waals surface area contributed by atoms with Crippen LogP contribution in [0.1, 0.15) is 53.3 Å². The maximum absolute atomic E-state index is 14.0. The first-order chi connectivity index (χ1) is 17.7. The molecule has 0 saturated carbocycles. The van der Waals surface area contributed by atoms with Crippen molar-refractivity contribution in [2.45, 2.75) is 38.6 Å². The maximum atomic E-state index is 14.0. The zero-order valence-corrected chi connectivity index (χ0v) is 20.9. The number of aromatic nitrogens is 2. The first-order valence-corrected chi connectivity index (χ1v) is 13.0. The number of benzene rings is 3. The minimum absolute atomic E-state index is 0.0660. The molecule has 0 spiro atoms. The Hall–Kier alpha value is -3.70. The molecule has 1 fully saturated rings. The molecule has 5 nitrogen and oxygen atoms in total. The standard InChI is InChI=1S/C31H34N4O/c1-24-29(30(26-16-8-3-9-17-26)33-35(24)27-18-10-4-11-19-27)31(36)32-28(25-14-6-2-7-15-25)20-23-34-21-12-5-13-22-34/h2-4,6-11,14-19,28H,5,12-13,20-23H2,1H3,(H,32,36). The average Bonchev–Trinajstić information content (AvgIpc) is 3.30. The summed E-state index contributed by atoms with van der Waals surface area (Å²) >= 11 is 0. The number of rotatable bonds is 8. The Kier molecular flexibility index (Phi) is 7.58. The SMILES string of the molecule is Cc1c(C(=O)NC(CCN2CCCCC2)c2ccccc2)c(-c2ccccc2)nn1-c1ccccc1. The van der Waals surface area contributed by atoms with Gasteiger partial charge < -0.3 is 10.2 Å². The molecule has 1 atom stereocenters. The van der Waals surface area contributed by atoms with E-state index in [2.05, 4.69) is 22.3 Å². The number of likely N-dealkylation sites (tertiary alicyclic amines) is 1. The smallest absolute Gasteiger partial charge is 0.255 e. The van der Waals surface area contributed by atoms with Crippen LogP contribution in [0.5, 0.6) is 0 Å². The molecular formula is C31H34N4O. The molecule has 1 amide bonds. The van der Waals surface area contributed by atoms with E-state index in [0.29, 0.717) is 11.3 Å². The van der Waals surface area contributed by atoms with E-state index in [1.807, 2.05) is 90.5 Å². The van der Waals surface area contributed by atoms with Crippen molar-refractivity contribution in [3.05, 3.63) is 108 Å². The minimum Gasteiger partial charge on any atom is -0.345 e. The summed E-state index contributed by atoms with van der Waals surface area (Å²) in [6.07, 6.45) is 4.73. The van der Waals surface area contributed by atoms with E-state index in [-0.39, 0.29) is 11.9 Å². The van der Waals surface area contributed by atoms with Crippen molar-refractivity contribution < 1.29 is 4.79 Å². The van der Waals surface area contributed by atoms with E-state index in [0.717, 1.165) is 48.6 Å². The highest BCUT2D eigenvalue weighted by Crippen LogP contribution is 2.28. The third-order valence-electron chi connectivity index (χ3n) is 7.08. The number of carbonyl (C=O) groups is 1. The molecule has 184 valence electrons. The Labute approximate surface area is 213 Å². The number of hydrogen-bond acceptors (Lipinski definition) is 3. The summed E-state index contributed by atoms with van der Waals surface area (Å²) in [5.41, 5.74) is 5.18. The largest absolute Gasteiger partial charge is 0.345 e. The summed E-state index contributed by atoms with van der Waals surface area (Å²) in [6.45, 7) is 5.26. The van der Waals surface area contributed by atoms with E-state index in [1.165, 1.54) is 19.3 Å². The van der Waals surface area contributed by atoms with Gasteiger partial charge in [-0.15, -0.1) is 0 Å². The molecule has 5 rings (SSSR count). The molecule has 3 aromatic carbocycles. The van der Waals surface area contributed by atoms with Gasteiger partial charge in [0.15, 0.2) is 0 Å². The van der Waals surface area contributed by atoms with Gasteiger partial charge in [-0.05, 0) is 57.0 Å². The summed E-state index contributed by atoms with van der Waals surface area (Å²) < 4.78 is 1.88. The van der Waals surface area contributed by atoms with Gasteiger partial charge in [-0.3, -0.25) is 4.79 Å². The van der Waals surface area contributed by atoms with Crippen molar-refractivity contribution in [2.24, 2.45) is 0 Å². The maximum Gasteiger partial charge on any atom is 0.255 e. The molecule has 0 aliphatic carbocycles. The first kappa shape index (κ1) is 24.0. The lowest BCUT2D eigenvalue weighted by Gasteiger charge is -2.28. The van der Waals surface area contributed by atoms with Crippen molar-refractivity contribution in [1.82, 2.24) is 20.0 Å². The Balaban J connectivity index is 1.47. The van der Waals surface area contributed by atoms with Gasteiger partial charge in [0.25, 0.3) is 5.91 Å². The molecule has 1 aliphatic heterocycles. The molecule has 5 heteroatoms. The fourth-order valence-electron chi connectivity index (χ4n) is 5.13. The molecule has 1 saturated heterocycles. The van der Waals surface area contributed by atoms with Crippen molar-refractivity contribution in [1.29, 1.82) is 0 Å². The number of carbonyl (C=O) groups excluding carboxylic acids is 1. The minimum atomic E-state index is -0.0824. The lowest BCUT2D eigenvalue weighted by molar-refractivity contribution is 0.0930. The normalized spacial score (nSPS) is 14.9. The second kappa shape index (κ2) is 11.4. The zero-order chi connectivity index (χ0) is 24.7. The van der Waals surface area contributed by atoms with Gasteiger partial charge in [-0.25, -0.2) is 4.68 Å². The molecule has 1 aromatic heterocycles. The van der Waals surface area contributed by atoms with Crippen LogP contribution in [0.3, 0.4) is 0 Å². The molecule has 1 aliphatic rings. The van der Waals surface area contributed by atoms with Crippen molar-refractivity contribution in [3.63, 3.8) is 0 Å². The number of nitrogens with zero attached hydrogens (tertiary/aromatic N) is 3. The lowest BCUT2D eigenvalue weighted by Crippen LogP contribution is -2.35. The van der Waals surface area contributed by atoms with Crippen molar-refractivity contribution >= 4 is 5.91 Å². The molecule has 36 heavy (non-hydrogen) atoms. The van der Waals surface area contributed by atoms with Gasteiger partial charge in [0.05, 0.1) is 23.0 Å². The van der Waals surface area contributed by atoms with Crippen LogP contribution < -0.4 is 5.32 Å². The highest BCUT2D eigenvalue weighted by molar-refractivity contribution is 6.01. The Morgan fingerprint density at radius 2 is 1.47 bits per heavy atom. The second-order valence-electron chi connectivity index (χ2n) is 9.55. The summed E-state index contributed by atoms with van der Waals surface area (Å²) in [5, 5.41) is 8.30. The first-order valence-electron chi connectivity index (χ1n) is 13.0. The van der Waals surface area contributed by atoms with E-state index < -0.39 is 0 Å². The predicted octanol–water partition coefficient (Wildman–Crippen LogP) is 6.19. The van der Waals surface area contributed by atoms with Crippen LogP contribution in [-0.4, -0.2) is 40.2 Å². The fraction of sp³-hybridized carbons (Fsp3) is 0.290. The number of piperidine rings is 1. The molecule has 0 radical (unpaired) electrons. The number of hydrogen-bond donors (Lipinski definition) is 1. The van der Waals surface area contributed by atoms with Gasteiger partial charge >= 0.3 is 0 Å². The molecule has 1 N–H and O–H groups in total. The quantitative estimate of drug-likeness (QED) is 0.328. The van der Waals surface area contributed by atoms with E-state index in [1.54, 1.807) is 0 Å². The summed E-state index contributed by atoms with van der Waals surface area (Å²) in [6, 6.07) is 30.2. The monoisotopic (exact) mass is 478 g/mol. The van der Waals surface area contributed by atoms with Gasteiger partial charge in [0.1, 0.15) is 5.69 Å². The van der Waals surface area contributed by atoms with E-state index in [4.69, 9.17) is 5.10 Å². The topological polar surface area (TPSA) is 50.2 Å². The molecule has 1 unspecified atom stereocenters. The summed E-state index contributed by atoms with van der Waals surface area (Å²) in [4.78, 5) is 16.5. The van der Waals surface area contributed by atoms with Gasteiger partial charge in [-0.1, -0.05) is 85.3 Å². The van der Waals surface area contributed by atoms with Gasteiger partial charge in [0.2, 0.25) is 0 Å². The van der Waals surface area contributed by atoms with Crippen molar-refractivity contribution in [2.75, 3.05) is 19.6 Å². The second-order valence-corrected chi connectivity index (χ2v) is 9.55. The fourth-order valence-corrected chi connectivity index (χ4v) is 5.13. The van der Waals surface area contributed by atoms with Crippen LogP contribution in [-0.2, 0) is 0 Å². The Bertz CT molecular complexity index is 1260. The van der Waals surface area contributed by atoms with Crippen LogP contribution in [0.4, 0.5) is 0 Å². The van der Waals surface area contributed by atoms with Crippen LogP contribution in [0.25, 0.3) is 16.9 Å². The number of para-hydroxylation sites is 1. The van der Waals surface area contributed by atoms with Gasteiger partial charge in [-0.2, -0.15) is 5.10 Å². The van der Waals surface area contributed by atoms with Gasteiger partial charge in [0, 0.05) is 12.1 Å². The predicted molar refractivity (Wildman–Crippen MR) is 145 cm³/mol. The van der Waals surface area contributed by atoms with E-state index in [9.17, 15) is 4.79 Å². The van der Waals surface area contributed by atoms with E-state index >= 15 is 0 Å². The van der Waals surface area contributed by atoms with Crippen LogP contribution in [0, 0.1) is 6.92 Å². The summed E-state index contributed by atoms with van der Waals surface area (Å²) in [7, 11) is 0. The number of nitrogens with one attached hydrogen (secondary N) is 1. The van der Waals surface area contributed by atoms with Crippen molar-refractivity contribution in [3.8, 4) is 16.9 Å². The van der Waals surface area contributed by atoms with Crippen LogP contribution in [0.2, 0.25) is 0 Å². The third kappa shape index (κ3) is 5.42. The molecule has 4 aromatic rings. The molecule has 2 heterocycles. The Morgan fingerprint density at radius 3 is 2.14 bits per heavy atom. The number of amides is 1. The van der Waals surface area contributed by atoms with Crippen LogP contribution >= 0.6 is 0 Å². The lowest BCUT2D eigenvalue weighted by atomic mass is 10.0. The highest BCUT2D eigenvalue weighted by Gasteiger charge is 2.26. The molecular weight excluding hydrogens is 444 g/mol. The summed E-state index contributed by atoms with van der Waals surface area (Å²) in [5.74, 6) is -0.0824. The average molecular weight is 479 g/mol. The zero-order valence-electron chi connectivity index (χ0n) is 20.9. The molecule has 0 bridgehead atoms. The third-order valence-corrected chi connectivity index (χ3v) is 7.08. The highest BCUT2D eigenvalue weighted by atomic mass is 16.1. The van der Waals surface area contributed by atoms with Crippen LogP contribution in [0.15, 0.2) is 91.0 Å².